The zero-order valence-corrected chi connectivity index (χ0v) is 15.4. The molecule has 1 aromatic carbocycles. The Labute approximate surface area is 150 Å². The van der Waals surface area contributed by atoms with Gasteiger partial charge in [-0.3, -0.25) is 4.79 Å². The maximum Gasteiger partial charge on any atom is 0.274 e. The summed E-state index contributed by atoms with van der Waals surface area (Å²) in [6, 6.07) is 6.02. The molecule has 136 valence electrons. The Hall–Kier alpha value is -1.45. The van der Waals surface area contributed by atoms with Gasteiger partial charge in [0.05, 0.1) is 17.5 Å². The number of halogens is 1. The topological polar surface area (TPSA) is 76.0 Å². The van der Waals surface area contributed by atoms with E-state index in [4.69, 9.17) is 4.74 Å². The maximum absolute atomic E-state index is 13.0. The Morgan fingerprint density at radius 3 is 2.76 bits per heavy atom. The second-order valence-corrected chi connectivity index (χ2v) is 9.45. The van der Waals surface area contributed by atoms with Crippen LogP contribution in [0.25, 0.3) is 0 Å². The van der Waals surface area contributed by atoms with Crippen molar-refractivity contribution in [1.29, 1.82) is 0 Å². The molecule has 6 nitrogen and oxygen atoms in total. The monoisotopic (exact) mass is 386 g/mol. The van der Waals surface area contributed by atoms with Crippen LogP contribution in [-0.4, -0.2) is 67.5 Å². The smallest absolute Gasteiger partial charge is 0.274 e. The van der Waals surface area contributed by atoms with Gasteiger partial charge in [0.25, 0.3) is 5.91 Å². The van der Waals surface area contributed by atoms with Gasteiger partial charge in [0.2, 0.25) is 0 Å². The van der Waals surface area contributed by atoms with E-state index in [2.05, 4.69) is 4.99 Å². The molecule has 9 heteroatoms. The molecule has 2 aliphatic heterocycles. The SMILES string of the molecule is COCC(=O)N=C1S[C@@H]2CS(=O)(=O)C[C@@H]2N1CCc1ccc(F)cc1. The van der Waals surface area contributed by atoms with Crippen LogP contribution in [0, 0.1) is 5.82 Å². The van der Waals surface area contributed by atoms with Crippen LogP contribution in [-0.2, 0) is 25.8 Å². The van der Waals surface area contributed by atoms with Crippen LogP contribution in [0.4, 0.5) is 4.39 Å². The Morgan fingerprint density at radius 1 is 1.36 bits per heavy atom. The molecule has 2 heterocycles. The molecular weight excluding hydrogens is 367 g/mol. The van der Waals surface area contributed by atoms with Crippen molar-refractivity contribution in [3.63, 3.8) is 0 Å². The van der Waals surface area contributed by atoms with Gasteiger partial charge in [-0.25, -0.2) is 12.8 Å². The molecule has 1 aromatic rings. The average Bonchev–Trinajstić information content (AvgIpc) is 2.98. The fourth-order valence-corrected chi connectivity index (χ4v) is 7.06. The summed E-state index contributed by atoms with van der Waals surface area (Å²) < 4.78 is 41.7. The van der Waals surface area contributed by atoms with Crippen molar-refractivity contribution in [2.45, 2.75) is 17.7 Å². The van der Waals surface area contributed by atoms with Gasteiger partial charge in [0.1, 0.15) is 12.4 Å². The lowest BCUT2D eigenvalue weighted by molar-refractivity contribution is -0.121. The number of carbonyl (C=O) groups is 1. The number of benzene rings is 1. The third kappa shape index (κ3) is 4.39. The molecular formula is C16H19FN2O4S2. The number of carbonyl (C=O) groups excluding carboxylic acids is 1. The van der Waals surface area contributed by atoms with E-state index in [9.17, 15) is 17.6 Å². The number of amidine groups is 1. The molecule has 0 unspecified atom stereocenters. The van der Waals surface area contributed by atoms with E-state index < -0.39 is 9.84 Å². The third-order valence-electron chi connectivity index (χ3n) is 4.22. The summed E-state index contributed by atoms with van der Waals surface area (Å²) in [5.41, 5.74) is 0.943. The number of rotatable bonds is 5. The summed E-state index contributed by atoms with van der Waals surface area (Å²) in [6.45, 7) is 0.415. The lowest BCUT2D eigenvalue weighted by Gasteiger charge is -2.24. The molecule has 0 aromatic heterocycles. The van der Waals surface area contributed by atoms with Gasteiger partial charge in [0, 0.05) is 18.9 Å². The van der Waals surface area contributed by atoms with E-state index in [1.807, 2.05) is 4.90 Å². The minimum atomic E-state index is -3.07. The van der Waals surface area contributed by atoms with Crippen LogP contribution in [0.5, 0.6) is 0 Å². The largest absolute Gasteiger partial charge is 0.375 e. The highest BCUT2D eigenvalue weighted by Crippen LogP contribution is 2.38. The molecule has 0 radical (unpaired) electrons. The number of methoxy groups -OCH3 is 1. The van der Waals surface area contributed by atoms with Crippen LogP contribution in [0.15, 0.2) is 29.3 Å². The molecule has 0 aliphatic carbocycles. The molecule has 0 saturated carbocycles. The zero-order chi connectivity index (χ0) is 18.0. The van der Waals surface area contributed by atoms with Gasteiger partial charge in [-0.2, -0.15) is 4.99 Å². The van der Waals surface area contributed by atoms with Gasteiger partial charge in [-0.15, -0.1) is 0 Å². The second kappa shape index (κ2) is 7.43. The van der Waals surface area contributed by atoms with E-state index in [-0.39, 0.29) is 41.1 Å². The highest BCUT2D eigenvalue weighted by atomic mass is 32.2. The van der Waals surface area contributed by atoms with E-state index in [1.165, 1.54) is 31.0 Å². The minimum Gasteiger partial charge on any atom is -0.375 e. The van der Waals surface area contributed by atoms with Crippen LogP contribution < -0.4 is 0 Å². The Kier molecular flexibility index (Phi) is 5.45. The van der Waals surface area contributed by atoms with Gasteiger partial charge in [-0.1, -0.05) is 23.9 Å². The lowest BCUT2D eigenvalue weighted by atomic mass is 10.1. The fourth-order valence-electron chi connectivity index (χ4n) is 3.06. The molecule has 25 heavy (non-hydrogen) atoms. The molecule has 0 spiro atoms. The summed E-state index contributed by atoms with van der Waals surface area (Å²) in [7, 11) is -1.64. The first-order valence-electron chi connectivity index (χ1n) is 7.86. The van der Waals surface area contributed by atoms with Crippen molar-refractivity contribution in [2.24, 2.45) is 4.99 Å². The van der Waals surface area contributed by atoms with Crippen molar-refractivity contribution < 1.29 is 22.3 Å². The van der Waals surface area contributed by atoms with Crippen LogP contribution in [0.3, 0.4) is 0 Å². The van der Waals surface area contributed by atoms with Crippen molar-refractivity contribution in [3.05, 3.63) is 35.6 Å². The first kappa shape index (κ1) is 18.3. The Morgan fingerprint density at radius 2 is 2.08 bits per heavy atom. The second-order valence-electron chi connectivity index (χ2n) is 6.09. The number of ether oxygens (including phenoxy) is 1. The van der Waals surface area contributed by atoms with Gasteiger partial charge in [-0.05, 0) is 24.1 Å². The van der Waals surface area contributed by atoms with E-state index in [0.29, 0.717) is 18.1 Å². The standard InChI is InChI=1S/C16H19FN2O4S2/c1-23-8-15(20)18-16-19(7-6-11-2-4-12(17)5-3-11)13-9-25(21,22)10-14(13)24-16/h2-5,13-14H,6-10H2,1H3/t13-,14+/m0/s1. The van der Waals surface area contributed by atoms with Crippen LogP contribution in [0.1, 0.15) is 5.56 Å². The predicted molar refractivity (Wildman–Crippen MR) is 94.9 cm³/mol. The predicted octanol–water partition coefficient (Wildman–Crippen LogP) is 1.11. The van der Waals surface area contributed by atoms with Gasteiger partial charge < -0.3 is 9.64 Å². The number of thioether (sulfide) groups is 1. The van der Waals surface area contributed by atoms with E-state index in [1.54, 1.807) is 12.1 Å². The molecule has 2 fully saturated rings. The molecule has 2 saturated heterocycles. The van der Waals surface area contributed by atoms with Crippen molar-refractivity contribution in [1.82, 2.24) is 4.90 Å². The average molecular weight is 386 g/mol. The number of sulfone groups is 1. The number of fused-ring (bicyclic) bond motifs is 1. The molecule has 0 N–H and O–H groups in total. The van der Waals surface area contributed by atoms with E-state index in [0.717, 1.165) is 5.56 Å². The van der Waals surface area contributed by atoms with Crippen molar-refractivity contribution >= 4 is 32.7 Å². The quantitative estimate of drug-likeness (QED) is 0.755. The Balaban J connectivity index is 1.77. The number of hydrogen-bond donors (Lipinski definition) is 0. The van der Waals surface area contributed by atoms with Gasteiger partial charge >= 0.3 is 0 Å². The lowest BCUT2D eigenvalue weighted by Crippen LogP contribution is -2.39. The fraction of sp³-hybridized carbons (Fsp3) is 0.500. The number of amides is 1. The zero-order valence-electron chi connectivity index (χ0n) is 13.7. The number of hydrogen-bond acceptors (Lipinski definition) is 5. The number of aliphatic imine (C=N–C) groups is 1. The summed E-state index contributed by atoms with van der Waals surface area (Å²) in [4.78, 5) is 17.8. The molecule has 2 atom stereocenters. The summed E-state index contributed by atoms with van der Waals surface area (Å²) in [5.74, 6) is -0.507. The first-order chi connectivity index (χ1) is 11.9. The molecule has 0 bridgehead atoms. The molecule has 1 amide bonds. The Bertz CT molecular complexity index is 780. The maximum atomic E-state index is 13.0. The van der Waals surface area contributed by atoms with Crippen molar-refractivity contribution in [3.8, 4) is 0 Å². The number of nitrogens with zero attached hydrogens (tertiary/aromatic N) is 2. The first-order valence-corrected chi connectivity index (χ1v) is 10.6. The highest BCUT2D eigenvalue weighted by molar-refractivity contribution is 8.15. The third-order valence-corrected chi connectivity index (χ3v) is 7.47. The summed E-state index contributed by atoms with van der Waals surface area (Å²) in [6.07, 6.45) is 0.613. The van der Waals surface area contributed by atoms with Crippen molar-refractivity contribution in [2.75, 3.05) is 31.8 Å². The van der Waals surface area contributed by atoms with Gasteiger partial charge in [0.15, 0.2) is 15.0 Å². The van der Waals surface area contributed by atoms with E-state index >= 15 is 0 Å². The van der Waals surface area contributed by atoms with Crippen LogP contribution in [0.2, 0.25) is 0 Å². The molecule has 2 aliphatic rings. The minimum absolute atomic E-state index is 0.0750. The normalized spacial score (nSPS) is 26.2. The molecule has 3 rings (SSSR count). The summed E-state index contributed by atoms with van der Waals surface area (Å²) in [5, 5.41) is 0.446. The summed E-state index contributed by atoms with van der Waals surface area (Å²) >= 11 is 1.34. The van der Waals surface area contributed by atoms with Crippen LogP contribution >= 0.6 is 11.8 Å². The highest BCUT2D eigenvalue weighted by Gasteiger charge is 2.48.